The zero-order chi connectivity index (χ0) is 19.2. The summed E-state index contributed by atoms with van der Waals surface area (Å²) in [5, 5.41) is 14.5. The Balaban J connectivity index is 1.36. The van der Waals surface area contributed by atoms with Gasteiger partial charge in [0.25, 0.3) is 0 Å². The molecule has 0 bridgehead atoms. The maximum absolute atomic E-state index is 4.47. The highest BCUT2D eigenvalue weighted by Crippen LogP contribution is 2.21. The lowest BCUT2D eigenvalue weighted by Gasteiger charge is -2.34. The number of nitrogens with one attached hydrogen (secondary N) is 2. The summed E-state index contributed by atoms with van der Waals surface area (Å²) >= 11 is 0. The summed E-state index contributed by atoms with van der Waals surface area (Å²) in [5.74, 6) is 1.12. The van der Waals surface area contributed by atoms with Gasteiger partial charge in [-0.1, -0.05) is 6.07 Å². The molecule has 0 amide bonds. The summed E-state index contributed by atoms with van der Waals surface area (Å²) < 4.78 is 0. The van der Waals surface area contributed by atoms with Crippen LogP contribution in [0.5, 0.6) is 0 Å². The second kappa shape index (κ2) is 8.62. The van der Waals surface area contributed by atoms with Gasteiger partial charge in [0.05, 0.1) is 6.20 Å². The molecular weight excluding hydrogens is 352 g/mol. The van der Waals surface area contributed by atoms with E-state index >= 15 is 0 Å². The Kier molecular flexibility index (Phi) is 5.58. The first kappa shape index (κ1) is 18.1. The molecule has 1 fully saturated rings. The van der Waals surface area contributed by atoms with E-state index in [9.17, 15) is 0 Å². The van der Waals surface area contributed by atoms with Gasteiger partial charge < -0.3 is 20.4 Å². The van der Waals surface area contributed by atoms with Crippen molar-refractivity contribution in [1.82, 2.24) is 25.1 Å². The van der Waals surface area contributed by atoms with Gasteiger partial charge in [-0.05, 0) is 42.9 Å². The molecule has 1 aromatic carbocycles. The Morgan fingerprint density at radius 3 is 2.57 bits per heavy atom. The minimum absolute atomic E-state index is 0.462. The van der Waals surface area contributed by atoms with E-state index in [1.54, 1.807) is 12.4 Å². The molecule has 0 aliphatic carbocycles. The summed E-state index contributed by atoms with van der Waals surface area (Å²) in [7, 11) is 2.16. The van der Waals surface area contributed by atoms with E-state index in [-0.39, 0.29) is 0 Å². The molecule has 0 unspecified atom stereocenters. The molecule has 3 aromatic rings. The number of pyridine rings is 1. The third kappa shape index (κ3) is 4.72. The van der Waals surface area contributed by atoms with Crippen molar-refractivity contribution >= 4 is 23.1 Å². The molecule has 2 aromatic heterocycles. The Hall–Kier alpha value is -3.26. The Morgan fingerprint density at radius 1 is 1.00 bits per heavy atom. The van der Waals surface area contributed by atoms with Crippen LogP contribution in [0.25, 0.3) is 0 Å². The molecule has 8 heteroatoms. The fourth-order valence-corrected chi connectivity index (χ4v) is 3.09. The summed E-state index contributed by atoms with van der Waals surface area (Å²) in [6.07, 6.45) is 5.19. The standard InChI is InChI=1S/C20H24N8/c1-27-9-11-28(12-10-27)18-6-4-17(5-7-18)24-20-25-19(15-23-26-20)22-14-16-3-2-8-21-13-16/h2-8,13,15H,9-12,14H2,1H3,(H2,22,24,25,26). The van der Waals surface area contributed by atoms with Crippen LogP contribution in [0, 0.1) is 0 Å². The van der Waals surface area contributed by atoms with Crippen LogP contribution in [0.1, 0.15) is 5.56 Å². The van der Waals surface area contributed by atoms with E-state index in [2.05, 4.69) is 59.8 Å². The molecule has 1 saturated heterocycles. The van der Waals surface area contributed by atoms with Gasteiger partial charge in [0, 0.05) is 56.5 Å². The molecule has 8 nitrogen and oxygen atoms in total. The molecule has 4 rings (SSSR count). The average Bonchev–Trinajstić information content (AvgIpc) is 2.75. The molecule has 1 aliphatic rings. The van der Waals surface area contributed by atoms with Crippen molar-refractivity contribution in [3.05, 3.63) is 60.6 Å². The molecule has 0 saturated carbocycles. The first-order valence-electron chi connectivity index (χ1n) is 9.39. The van der Waals surface area contributed by atoms with Gasteiger partial charge in [-0.25, -0.2) is 0 Å². The highest BCUT2D eigenvalue weighted by molar-refractivity contribution is 5.59. The van der Waals surface area contributed by atoms with E-state index in [0.717, 1.165) is 37.4 Å². The summed E-state index contributed by atoms with van der Waals surface area (Å²) in [6, 6.07) is 12.3. The third-order valence-corrected chi connectivity index (χ3v) is 4.75. The minimum Gasteiger partial charge on any atom is -0.369 e. The molecule has 1 aliphatic heterocycles. The molecule has 0 atom stereocenters. The first-order valence-corrected chi connectivity index (χ1v) is 9.39. The predicted molar refractivity (Wildman–Crippen MR) is 111 cm³/mol. The highest BCUT2D eigenvalue weighted by Gasteiger charge is 2.14. The molecular formula is C20H24N8. The van der Waals surface area contributed by atoms with E-state index < -0.39 is 0 Å². The molecule has 0 radical (unpaired) electrons. The van der Waals surface area contributed by atoms with Crippen molar-refractivity contribution in [2.75, 3.05) is 48.8 Å². The summed E-state index contributed by atoms with van der Waals surface area (Å²) in [5.41, 5.74) is 3.25. The lowest BCUT2D eigenvalue weighted by atomic mass is 10.2. The van der Waals surface area contributed by atoms with Gasteiger partial charge in [-0.2, -0.15) is 10.1 Å². The van der Waals surface area contributed by atoms with Gasteiger partial charge in [0.1, 0.15) is 0 Å². The van der Waals surface area contributed by atoms with Crippen LogP contribution in [0.4, 0.5) is 23.1 Å². The topological polar surface area (TPSA) is 82.1 Å². The van der Waals surface area contributed by atoms with Gasteiger partial charge >= 0.3 is 0 Å². The number of piperazine rings is 1. The SMILES string of the molecule is CN1CCN(c2ccc(Nc3nncc(NCc4cccnc4)n3)cc2)CC1. The predicted octanol–water partition coefficient (Wildman–Crippen LogP) is 2.37. The van der Waals surface area contributed by atoms with Gasteiger partial charge in [-0.15, -0.1) is 5.10 Å². The zero-order valence-electron chi connectivity index (χ0n) is 15.9. The monoisotopic (exact) mass is 376 g/mol. The smallest absolute Gasteiger partial charge is 0.249 e. The Morgan fingerprint density at radius 2 is 1.82 bits per heavy atom. The fraction of sp³-hybridized carbons (Fsp3) is 0.300. The molecule has 3 heterocycles. The number of aromatic nitrogens is 4. The highest BCUT2D eigenvalue weighted by atomic mass is 15.3. The van der Waals surface area contributed by atoms with Gasteiger partial charge in [0.2, 0.25) is 5.95 Å². The van der Waals surface area contributed by atoms with Crippen molar-refractivity contribution in [1.29, 1.82) is 0 Å². The van der Waals surface area contributed by atoms with Crippen LogP contribution in [0.15, 0.2) is 55.0 Å². The third-order valence-electron chi connectivity index (χ3n) is 4.75. The largest absolute Gasteiger partial charge is 0.369 e. The molecule has 28 heavy (non-hydrogen) atoms. The second-order valence-corrected chi connectivity index (χ2v) is 6.84. The average molecular weight is 376 g/mol. The molecule has 144 valence electrons. The number of rotatable bonds is 6. The van der Waals surface area contributed by atoms with E-state index in [0.29, 0.717) is 18.3 Å². The van der Waals surface area contributed by atoms with E-state index in [1.165, 1.54) is 5.69 Å². The maximum atomic E-state index is 4.47. The number of hydrogen-bond donors (Lipinski definition) is 2. The van der Waals surface area contributed by atoms with Crippen molar-refractivity contribution in [2.24, 2.45) is 0 Å². The van der Waals surface area contributed by atoms with Crippen molar-refractivity contribution in [2.45, 2.75) is 6.54 Å². The number of likely N-dealkylation sites (N-methyl/N-ethyl adjacent to an activating group) is 1. The van der Waals surface area contributed by atoms with Crippen LogP contribution in [0.3, 0.4) is 0 Å². The lowest BCUT2D eigenvalue weighted by Crippen LogP contribution is -2.44. The van der Waals surface area contributed by atoms with Crippen LogP contribution in [-0.4, -0.2) is 58.3 Å². The number of benzene rings is 1. The van der Waals surface area contributed by atoms with Gasteiger partial charge in [-0.3, -0.25) is 4.98 Å². The van der Waals surface area contributed by atoms with E-state index in [4.69, 9.17) is 0 Å². The number of nitrogens with zero attached hydrogens (tertiary/aromatic N) is 6. The van der Waals surface area contributed by atoms with E-state index in [1.807, 2.05) is 30.5 Å². The summed E-state index contributed by atoms with van der Waals surface area (Å²) in [4.78, 5) is 13.3. The zero-order valence-corrected chi connectivity index (χ0v) is 15.9. The van der Waals surface area contributed by atoms with Crippen LogP contribution in [-0.2, 0) is 6.54 Å². The Bertz CT molecular complexity index is 876. The fourth-order valence-electron chi connectivity index (χ4n) is 3.09. The number of anilines is 4. The lowest BCUT2D eigenvalue weighted by molar-refractivity contribution is 0.313. The van der Waals surface area contributed by atoms with Crippen molar-refractivity contribution in [3.63, 3.8) is 0 Å². The Labute approximate surface area is 164 Å². The molecule has 0 spiro atoms. The molecule has 2 N–H and O–H groups in total. The van der Waals surface area contributed by atoms with Crippen molar-refractivity contribution in [3.8, 4) is 0 Å². The number of hydrogen-bond acceptors (Lipinski definition) is 8. The second-order valence-electron chi connectivity index (χ2n) is 6.84. The first-order chi connectivity index (χ1) is 13.8. The maximum Gasteiger partial charge on any atom is 0.249 e. The quantitative estimate of drug-likeness (QED) is 0.679. The van der Waals surface area contributed by atoms with Crippen LogP contribution >= 0.6 is 0 Å². The normalized spacial score (nSPS) is 14.7. The minimum atomic E-state index is 0.462. The van der Waals surface area contributed by atoms with Crippen LogP contribution < -0.4 is 15.5 Å². The van der Waals surface area contributed by atoms with Gasteiger partial charge in [0.15, 0.2) is 5.82 Å². The van der Waals surface area contributed by atoms with Crippen molar-refractivity contribution < 1.29 is 0 Å². The summed E-state index contributed by atoms with van der Waals surface area (Å²) in [6.45, 7) is 4.93. The van der Waals surface area contributed by atoms with Crippen LogP contribution in [0.2, 0.25) is 0 Å².